The summed E-state index contributed by atoms with van der Waals surface area (Å²) in [6.07, 6.45) is 3.73. The maximum atomic E-state index is 9.33. The summed E-state index contributed by atoms with van der Waals surface area (Å²) in [5, 5.41) is 11.0. The number of aromatic nitrogens is 3. The fourth-order valence-electron chi connectivity index (χ4n) is 2.49. The Kier molecular flexibility index (Phi) is 3.17. The van der Waals surface area contributed by atoms with Crippen molar-refractivity contribution in [2.45, 2.75) is 18.1 Å². The van der Waals surface area contributed by atoms with Crippen LogP contribution in [0.1, 0.15) is 18.7 Å². The molecule has 0 spiro atoms. The van der Waals surface area contributed by atoms with Gasteiger partial charge in [-0.3, -0.25) is 0 Å². The first kappa shape index (κ1) is 12.5. The van der Waals surface area contributed by atoms with Gasteiger partial charge in [-0.15, -0.1) is 0 Å². The lowest BCUT2D eigenvalue weighted by Gasteiger charge is -2.17. The highest BCUT2D eigenvalue weighted by molar-refractivity contribution is 7.98. The first-order valence-corrected chi connectivity index (χ1v) is 7.37. The van der Waals surface area contributed by atoms with E-state index in [2.05, 4.69) is 23.0 Å². The van der Waals surface area contributed by atoms with E-state index >= 15 is 0 Å². The molecule has 0 aromatic carbocycles. The second kappa shape index (κ2) is 4.83. The van der Waals surface area contributed by atoms with Crippen molar-refractivity contribution >= 4 is 22.8 Å². The van der Waals surface area contributed by atoms with Crippen LogP contribution in [-0.2, 0) is 4.74 Å². The molecule has 19 heavy (non-hydrogen) atoms. The number of thioether (sulfide) groups is 1. The zero-order valence-electron chi connectivity index (χ0n) is 10.8. The highest BCUT2D eigenvalue weighted by atomic mass is 32.2. The molecule has 0 amide bonds. The van der Waals surface area contributed by atoms with E-state index in [1.165, 1.54) is 11.8 Å². The molecule has 1 fully saturated rings. The Hall–Kier alpha value is -1.58. The molecule has 2 aromatic heterocycles. The van der Waals surface area contributed by atoms with E-state index in [0.717, 1.165) is 22.8 Å². The molecule has 1 aliphatic rings. The zero-order chi connectivity index (χ0) is 13.4. The van der Waals surface area contributed by atoms with Gasteiger partial charge in [-0.05, 0) is 12.3 Å². The van der Waals surface area contributed by atoms with E-state index in [1.807, 2.05) is 16.9 Å². The van der Waals surface area contributed by atoms with Crippen molar-refractivity contribution < 1.29 is 4.74 Å². The third-order valence-electron chi connectivity index (χ3n) is 3.51. The molecule has 0 N–H and O–H groups in total. The average Bonchev–Trinajstić information content (AvgIpc) is 3.00. The minimum absolute atomic E-state index is 0.178. The minimum atomic E-state index is 0.178. The number of nitrogens with zero attached hydrogens (tertiary/aromatic N) is 4. The molecule has 0 bridgehead atoms. The molecular weight excluding hydrogens is 260 g/mol. The van der Waals surface area contributed by atoms with Gasteiger partial charge in [-0.2, -0.15) is 5.26 Å². The van der Waals surface area contributed by atoms with E-state index in [0.29, 0.717) is 18.2 Å². The lowest BCUT2D eigenvalue weighted by atomic mass is 10.1. The van der Waals surface area contributed by atoms with Crippen molar-refractivity contribution in [3.05, 3.63) is 18.0 Å². The summed E-state index contributed by atoms with van der Waals surface area (Å²) >= 11 is 1.50. The number of rotatable bonds is 2. The Labute approximate surface area is 115 Å². The van der Waals surface area contributed by atoms with Crippen LogP contribution in [0.5, 0.6) is 0 Å². The standard InChI is InChI=1S/C13H14N4OS/c1-8-6-18-7-11(8)17-10(4-14)3-9-5-15-13(19-2)16-12(9)17/h3,5,8,11H,6-7H2,1-2H3/t8-,11+/m0/s1. The molecule has 0 aliphatic carbocycles. The molecule has 3 rings (SSSR count). The van der Waals surface area contributed by atoms with Crippen molar-refractivity contribution in [3.8, 4) is 6.07 Å². The molecule has 0 saturated carbocycles. The summed E-state index contributed by atoms with van der Waals surface area (Å²) < 4.78 is 7.53. The lowest BCUT2D eigenvalue weighted by Crippen LogP contribution is -2.17. The second-order valence-corrected chi connectivity index (χ2v) is 5.50. The number of hydrogen-bond donors (Lipinski definition) is 0. The molecule has 2 aromatic rings. The summed E-state index contributed by atoms with van der Waals surface area (Å²) in [4.78, 5) is 8.81. The molecule has 1 saturated heterocycles. The lowest BCUT2D eigenvalue weighted by molar-refractivity contribution is 0.182. The van der Waals surface area contributed by atoms with Crippen LogP contribution < -0.4 is 0 Å². The van der Waals surface area contributed by atoms with Gasteiger partial charge in [-0.1, -0.05) is 18.7 Å². The van der Waals surface area contributed by atoms with E-state index in [-0.39, 0.29) is 6.04 Å². The van der Waals surface area contributed by atoms with Crippen LogP contribution in [0.4, 0.5) is 0 Å². The largest absolute Gasteiger partial charge is 0.379 e. The van der Waals surface area contributed by atoms with Gasteiger partial charge < -0.3 is 9.30 Å². The zero-order valence-corrected chi connectivity index (χ0v) is 11.6. The summed E-state index contributed by atoms with van der Waals surface area (Å²) in [5.41, 5.74) is 1.46. The van der Waals surface area contributed by atoms with Crippen LogP contribution in [0.25, 0.3) is 11.0 Å². The number of fused-ring (bicyclic) bond motifs is 1. The summed E-state index contributed by atoms with van der Waals surface area (Å²) in [5.74, 6) is 0.385. The molecule has 0 unspecified atom stereocenters. The summed E-state index contributed by atoms with van der Waals surface area (Å²) in [6.45, 7) is 3.51. The van der Waals surface area contributed by atoms with Gasteiger partial charge in [0.25, 0.3) is 0 Å². The first-order chi connectivity index (χ1) is 9.24. The number of hydrogen-bond acceptors (Lipinski definition) is 5. The third kappa shape index (κ3) is 1.99. The van der Waals surface area contributed by atoms with Gasteiger partial charge in [0.15, 0.2) is 5.16 Å². The van der Waals surface area contributed by atoms with Gasteiger partial charge in [0.05, 0.1) is 19.3 Å². The normalized spacial score (nSPS) is 22.8. The van der Waals surface area contributed by atoms with Crippen molar-refractivity contribution in [2.24, 2.45) is 5.92 Å². The van der Waals surface area contributed by atoms with Gasteiger partial charge in [0.1, 0.15) is 17.4 Å². The average molecular weight is 274 g/mol. The van der Waals surface area contributed by atoms with Crippen molar-refractivity contribution in [3.63, 3.8) is 0 Å². The van der Waals surface area contributed by atoms with E-state index in [4.69, 9.17) is 4.74 Å². The molecule has 5 nitrogen and oxygen atoms in total. The smallest absolute Gasteiger partial charge is 0.189 e. The first-order valence-electron chi connectivity index (χ1n) is 6.14. The van der Waals surface area contributed by atoms with Crippen LogP contribution in [0, 0.1) is 17.2 Å². The minimum Gasteiger partial charge on any atom is -0.379 e. The number of ether oxygens (including phenoxy) is 1. The fourth-order valence-corrected chi connectivity index (χ4v) is 2.83. The summed E-state index contributed by atoms with van der Waals surface area (Å²) in [6, 6.07) is 4.28. The van der Waals surface area contributed by atoms with E-state index < -0.39 is 0 Å². The quantitative estimate of drug-likeness (QED) is 0.620. The van der Waals surface area contributed by atoms with E-state index in [1.54, 1.807) is 6.20 Å². The monoisotopic (exact) mass is 274 g/mol. The van der Waals surface area contributed by atoms with Gasteiger partial charge in [0.2, 0.25) is 0 Å². The molecular formula is C13H14N4OS. The fraction of sp³-hybridized carbons (Fsp3) is 0.462. The van der Waals surface area contributed by atoms with Crippen molar-refractivity contribution in [2.75, 3.05) is 19.5 Å². The van der Waals surface area contributed by atoms with Crippen LogP contribution >= 0.6 is 11.8 Å². The van der Waals surface area contributed by atoms with Crippen LogP contribution in [-0.4, -0.2) is 34.0 Å². The Morgan fingerprint density at radius 2 is 2.37 bits per heavy atom. The maximum absolute atomic E-state index is 9.33. The van der Waals surface area contributed by atoms with Crippen LogP contribution in [0.2, 0.25) is 0 Å². The van der Waals surface area contributed by atoms with Crippen molar-refractivity contribution in [1.82, 2.24) is 14.5 Å². The van der Waals surface area contributed by atoms with Gasteiger partial charge >= 0.3 is 0 Å². The number of nitriles is 1. The van der Waals surface area contributed by atoms with Gasteiger partial charge in [0, 0.05) is 17.5 Å². The molecule has 0 radical (unpaired) electrons. The molecule has 6 heteroatoms. The van der Waals surface area contributed by atoms with Crippen molar-refractivity contribution in [1.29, 1.82) is 5.26 Å². The predicted octanol–water partition coefficient (Wildman–Crippen LogP) is 2.23. The van der Waals surface area contributed by atoms with Gasteiger partial charge in [-0.25, -0.2) is 9.97 Å². The van der Waals surface area contributed by atoms with Crippen LogP contribution in [0.3, 0.4) is 0 Å². The highest BCUT2D eigenvalue weighted by Gasteiger charge is 2.29. The highest BCUT2D eigenvalue weighted by Crippen LogP contribution is 2.31. The Morgan fingerprint density at radius 3 is 3.00 bits per heavy atom. The second-order valence-electron chi connectivity index (χ2n) is 4.73. The Bertz CT molecular complexity index is 660. The Balaban J connectivity index is 2.22. The third-order valence-corrected chi connectivity index (χ3v) is 4.07. The Morgan fingerprint density at radius 1 is 1.53 bits per heavy atom. The van der Waals surface area contributed by atoms with Crippen LogP contribution in [0.15, 0.2) is 17.4 Å². The molecule has 1 aliphatic heterocycles. The predicted molar refractivity (Wildman–Crippen MR) is 73.0 cm³/mol. The summed E-state index contributed by atoms with van der Waals surface area (Å²) in [7, 11) is 0. The molecule has 98 valence electrons. The molecule has 2 atom stereocenters. The maximum Gasteiger partial charge on any atom is 0.189 e. The molecule has 3 heterocycles. The van der Waals surface area contributed by atoms with E-state index in [9.17, 15) is 5.26 Å². The topological polar surface area (TPSA) is 63.7 Å². The SMILES string of the molecule is CSc1ncc2cc(C#N)n([C@@H]3COC[C@@H]3C)c2n1.